The van der Waals surface area contributed by atoms with Crippen LogP contribution in [0, 0.1) is 17.8 Å². The number of anilines is 1. The molecule has 0 saturated heterocycles. The van der Waals surface area contributed by atoms with Crippen molar-refractivity contribution in [3.8, 4) is 0 Å². The van der Waals surface area contributed by atoms with Crippen LogP contribution in [-0.2, 0) is 4.79 Å². The summed E-state index contributed by atoms with van der Waals surface area (Å²) in [6.07, 6.45) is 7.56. The molecule has 1 heterocycles. The fourth-order valence-electron chi connectivity index (χ4n) is 4.63. The van der Waals surface area contributed by atoms with Crippen molar-refractivity contribution >= 4 is 22.5 Å². The largest absolute Gasteiger partial charge is 0.327 e. The standard InChI is InChI=1S/C20H28N4O/c1-12(2)24-11-16-10-17(6-7-18(16)23-24)22-20(25)15-8-13-4-3-5-14(9-15)19(13)21/h6-7,10-15,19H,3-5,8-9,21H2,1-2H3,(H,22,25). The van der Waals surface area contributed by atoms with Gasteiger partial charge in [0.2, 0.25) is 5.91 Å². The monoisotopic (exact) mass is 340 g/mol. The van der Waals surface area contributed by atoms with Gasteiger partial charge in [0.25, 0.3) is 0 Å². The van der Waals surface area contributed by atoms with Crippen LogP contribution in [0.1, 0.15) is 52.0 Å². The Morgan fingerprint density at radius 3 is 2.68 bits per heavy atom. The van der Waals surface area contributed by atoms with Gasteiger partial charge in [0.15, 0.2) is 0 Å². The molecule has 2 atom stereocenters. The molecule has 1 amide bonds. The fraction of sp³-hybridized carbons (Fsp3) is 0.600. The van der Waals surface area contributed by atoms with Gasteiger partial charge in [-0.25, -0.2) is 0 Å². The maximum Gasteiger partial charge on any atom is 0.227 e. The van der Waals surface area contributed by atoms with Crippen molar-refractivity contribution in [1.82, 2.24) is 9.78 Å². The van der Waals surface area contributed by atoms with Crippen molar-refractivity contribution in [3.05, 3.63) is 24.4 Å². The molecule has 2 aliphatic carbocycles. The summed E-state index contributed by atoms with van der Waals surface area (Å²) < 4.78 is 1.96. The number of benzene rings is 1. The Balaban J connectivity index is 1.48. The van der Waals surface area contributed by atoms with E-state index in [0.29, 0.717) is 23.9 Å². The lowest BCUT2D eigenvalue weighted by Gasteiger charge is -2.43. The molecule has 5 heteroatoms. The second kappa shape index (κ2) is 6.45. The van der Waals surface area contributed by atoms with Crippen LogP contribution < -0.4 is 11.1 Å². The molecule has 0 aliphatic heterocycles. The molecule has 1 aromatic carbocycles. The summed E-state index contributed by atoms with van der Waals surface area (Å²) in [6, 6.07) is 6.59. The number of carbonyl (C=O) groups excluding carboxylic acids is 1. The highest BCUT2D eigenvalue weighted by molar-refractivity contribution is 5.95. The fourth-order valence-corrected chi connectivity index (χ4v) is 4.63. The van der Waals surface area contributed by atoms with Gasteiger partial charge in [-0.1, -0.05) is 6.42 Å². The third-order valence-electron chi connectivity index (χ3n) is 6.10. The minimum absolute atomic E-state index is 0.101. The number of rotatable bonds is 3. The normalized spacial score (nSPS) is 29.1. The molecule has 2 aliphatic rings. The van der Waals surface area contributed by atoms with Crippen LogP contribution in [0.25, 0.3) is 10.9 Å². The van der Waals surface area contributed by atoms with Crippen molar-refractivity contribution < 1.29 is 4.79 Å². The summed E-state index contributed by atoms with van der Waals surface area (Å²) in [6.45, 7) is 4.22. The molecule has 2 aromatic rings. The first-order valence-electron chi connectivity index (χ1n) is 9.56. The second-order valence-electron chi connectivity index (χ2n) is 8.16. The summed E-state index contributed by atoms with van der Waals surface area (Å²) in [7, 11) is 0. The van der Waals surface area contributed by atoms with E-state index in [9.17, 15) is 4.79 Å². The average molecular weight is 340 g/mol. The summed E-state index contributed by atoms with van der Waals surface area (Å²) in [4.78, 5) is 12.8. The number of nitrogens with zero attached hydrogens (tertiary/aromatic N) is 2. The Labute approximate surface area is 149 Å². The maximum atomic E-state index is 12.8. The summed E-state index contributed by atoms with van der Waals surface area (Å²) in [5.41, 5.74) is 8.17. The van der Waals surface area contributed by atoms with Gasteiger partial charge < -0.3 is 11.1 Å². The van der Waals surface area contributed by atoms with Gasteiger partial charge >= 0.3 is 0 Å². The van der Waals surface area contributed by atoms with Gasteiger partial charge in [-0.3, -0.25) is 9.48 Å². The molecule has 0 spiro atoms. The van der Waals surface area contributed by atoms with Crippen molar-refractivity contribution in [2.45, 2.75) is 58.0 Å². The molecule has 134 valence electrons. The van der Waals surface area contributed by atoms with E-state index < -0.39 is 0 Å². The van der Waals surface area contributed by atoms with Crippen molar-refractivity contribution in [1.29, 1.82) is 0 Å². The second-order valence-corrected chi connectivity index (χ2v) is 8.16. The summed E-state index contributed by atoms with van der Waals surface area (Å²) in [5, 5.41) is 8.75. The molecule has 1 aromatic heterocycles. The third kappa shape index (κ3) is 3.17. The number of nitrogens with two attached hydrogens (primary N) is 1. The molecular weight excluding hydrogens is 312 g/mol. The molecule has 0 radical (unpaired) electrons. The first-order valence-corrected chi connectivity index (χ1v) is 9.56. The van der Waals surface area contributed by atoms with E-state index >= 15 is 0 Å². The Morgan fingerprint density at radius 1 is 1.28 bits per heavy atom. The van der Waals surface area contributed by atoms with E-state index in [4.69, 9.17) is 5.73 Å². The van der Waals surface area contributed by atoms with E-state index in [0.717, 1.165) is 29.4 Å². The zero-order valence-electron chi connectivity index (χ0n) is 15.1. The van der Waals surface area contributed by atoms with Crippen LogP contribution in [0.15, 0.2) is 24.4 Å². The predicted molar refractivity (Wildman–Crippen MR) is 100 cm³/mol. The third-order valence-corrected chi connectivity index (χ3v) is 6.10. The average Bonchev–Trinajstić information content (AvgIpc) is 2.98. The molecule has 5 nitrogen and oxygen atoms in total. The van der Waals surface area contributed by atoms with Crippen LogP contribution in [0.4, 0.5) is 5.69 Å². The molecule has 2 unspecified atom stereocenters. The molecule has 2 fully saturated rings. The van der Waals surface area contributed by atoms with E-state index in [1.807, 2.05) is 29.1 Å². The van der Waals surface area contributed by atoms with E-state index in [-0.39, 0.29) is 11.8 Å². The van der Waals surface area contributed by atoms with Gasteiger partial charge in [0.1, 0.15) is 0 Å². The van der Waals surface area contributed by atoms with Gasteiger partial charge in [0.05, 0.1) is 5.52 Å². The molecule has 3 N–H and O–H groups in total. The Kier molecular flexibility index (Phi) is 4.28. The van der Waals surface area contributed by atoms with Gasteiger partial charge in [-0.15, -0.1) is 0 Å². The number of amides is 1. The van der Waals surface area contributed by atoms with E-state index in [1.165, 1.54) is 19.3 Å². The smallest absolute Gasteiger partial charge is 0.227 e. The molecular formula is C20H28N4O. The zero-order valence-corrected chi connectivity index (χ0v) is 15.1. The number of hydrogen-bond donors (Lipinski definition) is 2. The highest BCUT2D eigenvalue weighted by Gasteiger charge is 2.40. The van der Waals surface area contributed by atoms with E-state index in [2.05, 4.69) is 24.3 Å². The Morgan fingerprint density at radius 2 is 2.00 bits per heavy atom. The molecule has 2 bridgehead atoms. The number of hydrogen-bond acceptors (Lipinski definition) is 3. The van der Waals surface area contributed by atoms with Crippen molar-refractivity contribution in [2.24, 2.45) is 23.5 Å². The first kappa shape index (κ1) is 16.6. The summed E-state index contributed by atoms with van der Waals surface area (Å²) in [5.74, 6) is 1.30. The summed E-state index contributed by atoms with van der Waals surface area (Å²) >= 11 is 0. The zero-order chi connectivity index (χ0) is 17.6. The van der Waals surface area contributed by atoms with Crippen LogP contribution >= 0.6 is 0 Å². The highest BCUT2D eigenvalue weighted by Crippen LogP contribution is 2.42. The number of carbonyl (C=O) groups is 1. The maximum absolute atomic E-state index is 12.8. The lowest BCUT2D eigenvalue weighted by molar-refractivity contribution is -0.122. The quantitative estimate of drug-likeness (QED) is 0.894. The molecule has 4 rings (SSSR count). The molecule has 2 saturated carbocycles. The van der Waals surface area contributed by atoms with Crippen LogP contribution in [0.3, 0.4) is 0 Å². The van der Waals surface area contributed by atoms with Crippen LogP contribution in [-0.4, -0.2) is 21.7 Å². The first-order chi connectivity index (χ1) is 12.0. The number of nitrogens with one attached hydrogen (secondary N) is 1. The van der Waals surface area contributed by atoms with Crippen LogP contribution in [0.2, 0.25) is 0 Å². The van der Waals surface area contributed by atoms with Crippen molar-refractivity contribution in [3.63, 3.8) is 0 Å². The van der Waals surface area contributed by atoms with Crippen LogP contribution in [0.5, 0.6) is 0 Å². The van der Waals surface area contributed by atoms with Gasteiger partial charge in [-0.05, 0) is 69.6 Å². The SMILES string of the molecule is CC(C)n1cc2cc(NC(=O)C3CC4CCCC(C3)C4N)ccc2n1. The predicted octanol–water partition coefficient (Wildman–Crippen LogP) is 3.71. The number of aromatic nitrogens is 2. The Bertz CT molecular complexity index is 767. The molecule has 25 heavy (non-hydrogen) atoms. The Hall–Kier alpha value is -1.88. The lowest BCUT2D eigenvalue weighted by Crippen LogP contribution is -2.48. The van der Waals surface area contributed by atoms with Gasteiger partial charge in [-0.2, -0.15) is 5.10 Å². The number of fused-ring (bicyclic) bond motifs is 3. The minimum atomic E-state index is 0.101. The van der Waals surface area contributed by atoms with Gasteiger partial charge in [0, 0.05) is 35.3 Å². The minimum Gasteiger partial charge on any atom is -0.327 e. The van der Waals surface area contributed by atoms with Crippen molar-refractivity contribution in [2.75, 3.05) is 5.32 Å². The lowest BCUT2D eigenvalue weighted by atomic mass is 9.65. The van der Waals surface area contributed by atoms with E-state index in [1.54, 1.807) is 0 Å². The topological polar surface area (TPSA) is 72.9 Å². The highest BCUT2D eigenvalue weighted by atomic mass is 16.1.